The summed E-state index contributed by atoms with van der Waals surface area (Å²) in [7, 11) is 1.69. The molecule has 0 aromatic heterocycles. The van der Waals surface area contributed by atoms with Crippen LogP contribution in [-0.2, 0) is 4.74 Å². The van der Waals surface area contributed by atoms with Crippen LogP contribution in [0.4, 0.5) is 27.5 Å². The van der Waals surface area contributed by atoms with E-state index in [-0.39, 0.29) is 5.91 Å². The fraction of sp³-hybridized carbons (Fsp3) is 0.375. The lowest BCUT2D eigenvalue weighted by molar-refractivity contribution is 0.0374. The van der Waals surface area contributed by atoms with Crippen molar-refractivity contribution >= 4 is 46.3 Å². The van der Waals surface area contributed by atoms with Crippen LogP contribution in [0.2, 0.25) is 5.02 Å². The third-order valence-corrected chi connectivity index (χ3v) is 7.94. The van der Waals surface area contributed by atoms with E-state index in [4.69, 9.17) is 21.1 Å². The summed E-state index contributed by atoms with van der Waals surface area (Å²) in [6.07, 6.45) is 0.847. The van der Waals surface area contributed by atoms with Gasteiger partial charge >= 0.3 is 6.03 Å². The van der Waals surface area contributed by atoms with Gasteiger partial charge in [0.05, 0.1) is 31.6 Å². The SMILES string of the molecule is COc1ccccc1N1CCN(c2ccc(NC(=O)Nc3ccc(Cl)cc3)cc2C(=O)NCCCN2CCOCC2)CC1. The van der Waals surface area contributed by atoms with Crippen molar-refractivity contribution in [2.75, 3.05) is 93.1 Å². The third kappa shape index (κ3) is 8.31. The van der Waals surface area contributed by atoms with Gasteiger partial charge in [0.15, 0.2) is 0 Å². The van der Waals surface area contributed by atoms with Crippen molar-refractivity contribution in [1.29, 1.82) is 0 Å². The number of amides is 3. The Kier molecular flexibility index (Phi) is 10.6. The van der Waals surface area contributed by atoms with Gasteiger partial charge in [0.2, 0.25) is 0 Å². The number of ether oxygens (including phenoxy) is 2. The van der Waals surface area contributed by atoms with Gasteiger partial charge in [-0.1, -0.05) is 23.7 Å². The average Bonchev–Trinajstić information content (AvgIpc) is 3.04. The van der Waals surface area contributed by atoms with E-state index >= 15 is 0 Å². The van der Waals surface area contributed by atoms with Crippen LogP contribution < -0.4 is 30.5 Å². The second-order valence-electron chi connectivity index (χ2n) is 10.5. The zero-order valence-electron chi connectivity index (χ0n) is 24.5. The number of hydrogen-bond acceptors (Lipinski definition) is 7. The molecule has 3 N–H and O–H groups in total. The molecule has 11 heteroatoms. The molecule has 5 rings (SSSR count). The van der Waals surface area contributed by atoms with Crippen molar-refractivity contribution in [3.8, 4) is 5.75 Å². The number of nitrogens with one attached hydrogen (secondary N) is 3. The highest BCUT2D eigenvalue weighted by atomic mass is 35.5. The molecule has 10 nitrogen and oxygen atoms in total. The number of benzene rings is 3. The standard InChI is InChI=1S/C32H39ClN6O4/c1-42-30-6-3-2-5-29(30)39-17-15-38(16-18-39)28-12-11-26(36-32(41)35-25-9-7-24(33)8-10-25)23-27(28)31(40)34-13-4-14-37-19-21-43-22-20-37/h2-3,5-12,23H,4,13-22H2,1H3,(H,34,40)(H2,35,36,41). The van der Waals surface area contributed by atoms with E-state index in [0.717, 1.165) is 82.6 Å². The smallest absolute Gasteiger partial charge is 0.323 e. The number of rotatable bonds is 10. The van der Waals surface area contributed by atoms with Crippen LogP contribution in [0.1, 0.15) is 16.8 Å². The molecule has 3 amide bonds. The van der Waals surface area contributed by atoms with E-state index < -0.39 is 6.03 Å². The Morgan fingerprint density at radius 2 is 1.49 bits per heavy atom. The summed E-state index contributed by atoms with van der Waals surface area (Å²) in [6, 6.07) is 20.0. The van der Waals surface area contributed by atoms with E-state index in [0.29, 0.717) is 28.5 Å². The van der Waals surface area contributed by atoms with Crippen LogP contribution in [0.15, 0.2) is 66.7 Å². The van der Waals surface area contributed by atoms with Crippen molar-refractivity contribution in [3.05, 3.63) is 77.3 Å². The number of para-hydroxylation sites is 2. The summed E-state index contributed by atoms with van der Waals surface area (Å²) in [5.41, 5.74) is 3.58. The minimum Gasteiger partial charge on any atom is -0.495 e. The normalized spacial score (nSPS) is 15.6. The Hall–Kier alpha value is -3.99. The summed E-state index contributed by atoms with van der Waals surface area (Å²) < 4.78 is 11.0. The molecule has 0 bridgehead atoms. The summed E-state index contributed by atoms with van der Waals surface area (Å²) >= 11 is 5.96. The van der Waals surface area contributed by atoms with Crippen LogP contribution >= 0.6 is 11.6 Å². The first-order valence-corrected chi connectivity index (χ1v) is 15.1. The highest BCUT2D eigenvalue weighted by Gasteiger charge is 2.24. The molecule has 228 valence electrons. The molecule has 2 heterocycles. The first-order chi connectivity index (χ1) is 21.0. The number of halogens is 1. The number of urea groups is 1. The molecule has 0 unspecified atom stereocenters. The first kappa shape index (κ1) is 30.5. The molecule has 0 radical (unpaired) electrons. The van der Waals surface area contributed by atoms with Gasteiger partial charge in [-0.05, 0) is 67.6 Å². The van der Waals surface area contributed by atoms with Gasteiger partial charge in [0.25, 0.3) is 5.91 Å². The molecular formula is C32H39ClN6O4. The number of carbonyl (C=O) groups excluding carboxylic acids is 2. The molecule has 0 saturated carbocycles. The van der Waals surface area contributed by atoms with Gasteiger partial charge in [-0.25, -0.2) is 4.79 Å². The maximum Gasteiger partial charge on any atom is 0.323 e. The third-order valence-electron chi connectivity index (χ3n) is 7.69. The predicted molar refractivity (Wildman–Crippen MR) is 172 cm³/mol. The van der Waals surface area contributed by atoms with Crippen LogP contribution in [0, 0.1) is 0 Å². The molecule has 0 atom stereocenters. The van der Waals surface area contributed by atoms with Crippen molar-refractivity contribution in [1.82, 2.24) is 10.2 Å². The molecule has 2 aliphatic heterocycles. The largest absolute Gasteiger partial charge is 0.495 e. The van der Waals surface area contributed by atoms with E-state index in [2.05, 4.69) is 36.7 Å². The van der Waals surface area contributed by atoms with Gasteiger partial charge in [-0.2, -0.15) is 0 Å². The fourth-order valence-electron chi connectivity index (χ4n) is 5.40. The molecule has 0 aliphatic carbocycles. The van der Waals surface area contributed by atoms with Gasteiger partial charge in [-0.3, -0.25) is 9.69 Å². The van der Waals surface area contributed by atoms with Gasteiger partial charge in [0.1, 0.15) is 5.75 Å². The topological polar surface area (TPSA) is 98.4 Å². The zero-order valence-corrected chi connectivity index (χ0v) is 25.2. The Morgan fingerprint density at radius 1 is 0.837 bits per heavy atom. The van der Waals surface area contributed by atoms with Crippen molar-refractivity contribution in [2.45, 2.75) is 6.42 Å². The van der Waals surface area contributed by atoms with Crippen LogP contribution in [0.3, 0.4) is 0 Å². The highest BCUT2D eigenvalue weighted by Crippen LogP contribution is 2.31. The molecule has 43 heavy (non-hydrogen) atoms. The summed E-state index contributed by atoms with van der Waals surface area (Å²) in [4.78, 5) is 33.2. The summed E-state index contributed by atoms with van der Waals surface area (Å²) in [6.45, 7) is 7.86. The molecular weight excluding hydrogens is 568 g/mol. The Bertz CT molecular complexity index is 1370. The van der Waals surface area contributed by atoms with Crippen molar-refractivity contribution in [3.63, 3.8) is 0 Å². The van der Waals surface area contributed by atoms with Crippen LogP contribution in [-0.4, -0.2) is 89.5 Å². The van der Waals surface area contributed by atoms with Crippen molar-refractivity contribution < 1.29 is 19.1 Å². The van der Waals surface area contributed by atoms with Crippen molar-refractivity contribution in [2.24, 2.45) is 0 Å². The van der Waals surface area contributed by atoms with E-state index in [1.54, 1.807) is 37.4 Å². The first-order valence-electron chi connectivity index (χ1n) is 14.7. The zero-order chi connectivity index (χ0) is 30.0. The van der Waals surface area contributed by atoms with Gasteiger partial charge in [-0.15, -0.1) is 0 Å². The molecule has 0 spiro atoms. The Labute approximate surface area is 257 Å². The lowest BCUT2D eigenvalue weighted by Crippen LogP contribution is -2.47. The lowest BCUT2D eigenvalue weighted by Gasteiger charge is -2.38. The second-order valence-corrected chi connectivity index (χ2v) is 11.0. The minimum atomic E-state index is -0.405. The lowest BCUT2D eigenvalue weighted by atomic mass is 10.1. The number of morpholine rings is 1. The minimum absolute atomic E-state index is 0.161. The Morgan fingerprint density at radius 3 is 2.21 bits per heavy atom. The molecule has 3 aromatic carbocycles. The second kappa shape index (κ2) is 15.0. The van der Waals surface area contributed by atoms with Gasteiger partial charge in [0, 0.05) is 67.9 Å². The maximum absolute atomic E-state index is 13.6. The summed E-state index contributed by atoms with van der Waals surface area (Å²) in [5, 5.41) is 9.35. The van der Waals surface area contributed by atoms with E-state index in [9.17, 15) is 9.59 Å². The number of carbonyl (C=O) groups is 2. The quantitative estimate of drug-likeness (QED) is 0.286. The summed E-state index contributed by atoms with van der Waals surface area (Å²) in [5.74, 6) is 0.686. The van der Waals surface area contributed by atoms with E-state index in [1.807, 2.05) is 30.3 Å². The molecule has 2 aliphatic rings. The van der Waals surface area contributed by atoms with Gasteiger partial charge < -0.3 is 35.2 Å². The number of anilines is 4. The maximum atomic E-state index is 13.6. The van der Waals surface area contributed by atoms with Crippen LogP contribution in [0.5, 0.6) is 5.75 Å². The molecule has 3 aromatic rings. The van der Waals surface area contributed by atoms with Crippen LogP contribution in [0.25, 0.3) is 0 Å². The fourth-order valence-corrected chi connectivity index (χ4v) is 5.53. The van der Waals surface area contributed by atoms with E-state index in [1.165, 1.54) is 0 Å². The highest BCUT2D eigenvalue weighted by molar-refractivity contribution is 6.30. The Balaban J connectivity index is 1.27. The average molecular weight is 607 g/mol. The number of nitrogens with zero attached hydrogens (tertiary/aromatic N) is 3. The monoisotopic (exact) mass is 606 g/mol. The predicted octanol–water partition coefficient (Wildman–Crippen LogP) is 4.77. The number of methoxy groups -OCH3 is 1. The number of piperazine rings is 1. The number of hydrogen-bond donors (Lipinski definition) is 3. The molecule has 2 saturated heterocycles. The molecule has 2 fully saturated rings.